The van der Waals surface area contributed by atoms with Crippen molar-refractivity contribution in [1.82, 2.24) is 4.98 Å². The number of rotatable bonds is 6. The summed E-state index contributed by atoms with van der Waals surface area (Å²) in [6, 6.07) is 10.5. The van der Waals surface area contributed by atoms with Gasteiger partial charge in [0, 0.05) is 15.9 Å². The van der Waals surface area contributed by atoms with E-state index in [0.717, 1.165) is 26.4 Å². The molecule has 0 atom stereocenters. The Morgan fingerprint density at radius 3 is 2.77 bits per heavy atom. The molecule has 6 nitrogen and oxygen atoms in total. The van der Waals surface area contributed by atoms with Gasteiger partial charge in [0.25, 0.3) is 0 Å². The standard InChI is InChI=1S/C18H15BrN2O4S/c1-11-3-5-15(21(22)23)17(7-11)25-9-13-10-26-18(20-13)14-8-12(19)4-6-16(14)24-2/h3-8,10H,9H2,1-2H3. The van der Waals surface area contributed by atoms with Gasteiger partial charge in [-0.25, -0.2) is 4.98 Å². The summed E-state index contributed by atoms with van der Waals surface area (Å²) in [6.07, 6.45) is 0. The van der Waals surface area contributed by atoms with Gasteiger partial charge in [-0.05, 0) is 36.8 Å². The van der Waals surface area contributed by atoms with Crippen LogP contribution in [0.1, 0.15) is 11.3 Å². The van der Waals surface area contributed by atoms with Gasteiger partial charge in [0.2, 0.25) is 0 Å². The van der Waals surface area contributed by atoms with Crippen LogP contribution in [0, 0.1) is 17.0 Å². The predicted molar refractivity (Wildman–Crippen MR) is 104 cm³/mol. The molecule has 0 bridgehead atoms. The van der Waals surface area contributed by atoms with E-state index < -0.39 is 4.92 Å². The van der Waals surface area contributed by atoms with Gasteiger partial charge in [-0.2, -0.15) is 0 Å². The molecule has 134 valence electrons. The second kappa shape index (κ2) is 7.84. The smallest absolute Gasteiger partial charge is 0.310 e. The third kappa shape index (κ3) is 4.03. The molecule has 26 heavy (non-hydrogen) atoms. The molecular weight excluding hydrogens is 420 g/mol. The van der Waals surface area contributed by atoms with Crippen molar-refractivity contribution in [1.29, 1.82) is 0 Å². The number of hydrogen-bond acceptors (Lipinski definition) is 6. The van der Waals surface area contributed by atoms with Crippen molar-refractivity contribution in [2.75, 3.05) is 7.11 Å². The fraction of sp³-hybridized carbons (Fsp3) is 0.167. The SMILES string of the molecule is COc1ccc(Br)cc1-c1nc(COc2cc(C)ccc2[N+](=O)[O-])cs1. The van der Waals surface area contributed by atoms with Gasteiger partial charge in [-0.1, -0.05) is 22.0 Å². The Hall–Kier alpha value is -2.45. The van der Waals surface area contributed by atoms with Gasteiger partial charge < -0.3 is 9.47 Å². The fourth-order valence-corrected chi connectivity index (χ4v) is 3.57. The molecule has 8 heteroatoms. The molecule has 3 aromatic rings. The summed E-state index contributed by atoms with van der Waals surface area (Å²) >= 11 is 4.92. The van der Waals surface area contributed by atoms with Gasteiger partial charge in [-0.15, -0.1) is 11.3 Å². The number of halogens is 1. The molecule has 0 aliphatic rings. The first kappa shape index (κ1) is 18.3. The lowest BCUT2D eigenvalue weighted by Gasteiger charge is -2.07. The third-order valence-electron chi connectivity index (χ3n) is 3.63. The molecule has 2 aromatic carbocycles. The minimum absolute atomic E-state index is 0.0558. The van der Waals surface area contributed by atoms with Gasteiger partial charge in [0.1, 0.15) is 17.4 Å². The summed E-state index contributed by atoms with van der Waals surface area (Å²) < 4.78 is 12.0. The van der Waals surface area contributed by atoms with Crippen LogP contribution >= 0.6 is 27.3 Å². The summed E-state index contributed by atoms with van der Waals surface area (Å²) in [5.41, 5.74) is 2.41. The number of aryl methyl sites for hydroxylation is 1. The second-order valence-electron chi connectivity index (χ2n) is 5.51. The van der Waals surface area contributed by atoms with Crippen LogP contribution in [-0.2, 0) is 6.61 Å². The van der Waals surface area contributed by atoms with Crippen LogP contribution in [0.2, 0.25) is 0 Å². The summed E-state index contributed by atoms with van der Waals surface area (Å²) in [5.74, 6) is 0.967. The van der Waals surface area contributed by atoms with Gasteiger partial charge in [0.05, 0.1) is 23.3 Å². The molecule has 1 heterocycles. The van der Waals surface area contributed by atoms with E-state index in [-0.39, 0.29) is 18.0 Å². The Morgan fingerprint density at radius 2 is 2.04 bits per heavy atom. The first-order chi connectivity index (χ1) is 12.5. The highest BCUT2D eigenvalue weighted by atomic mass is 79.9. The normalized spacial score (nSPS) is 10.6. The van der Waals surface area contributed by atoms with Crippen LogP contribution < -0.4 is 9.47 Å². The molecule has 3 rings (SSSR count). The summed E-state index contributed by atoms with van der Waals surface area (Å²) in [6.45, 7) is 2.01. The Kier molecular flexibility index (Phi) is 5.53. The Balaban J connectivity index is 1.81. The quantitative estimate of drug-likeness (QED) is 0.384. The van der Waals surface area contributed by atoms with Crippen molar-refractivity contribution in [3.05, 3.63) is 67.6 Å². The summed E-state index contributed by atoms with van der Waals surface area (Å²) in [7, 11) is 1.61. The lowest BCUT2D eigenvalue weighted by molar-refractivity contribution is -0.386. The lowest BCUT2D eigenvalue weighted by atomic mass is 10.2. The van der Waals surface area contributed by atoms with Gasteiger partial charge in [0.15, 0.2) is 5.75 Å². The van der Waals surface area contributed by atoms with E-state index in [1.807, 2.05) is 30.5 Å². The summed E-state index contributed by atoms with van der Waals surface area (Å²) in [4.78, 5) is 15.2. The molecule has 0 unspecified atom stereocenters. The van der Waals surface area contributed by atoms with Crippen molar-refractivity contribution < 1.29 is 14.4 Å². The molecular formula is C18H15BrN2O4S. The van der Waals surface area contributed by atoms with Crippen LogP contribution in [0.4, 0.5) is 5.69 Å². The Bertz CT molecular complexity index is 958. The number of benzene rings is 2. The number of nitro benzene ring substituents is 1. The van der Waals surface area contributed by atoms with Gasteiger partial charge in [-0.3, -0.25) is 10.1 Å². The molecule has 0 saturated carbocycles. The highest BCUT2D eigenvalue weighted by molar-refractivity contribution is 9.10. The molecule has 0 N–H and O–H groups in total. The Labute approximate surface area is 162 Å². The molecule has 0 saturated heterocycles. The number of methoxy groups -OCH3 is 1. The average molecular weight is 435 g/mol. The van der Waals surface area contributed by atoms with E-state index in [2.05, 4.69) is 20.9 Å². The van der Waals surface area contributed by atoms with Crippen molar-refractivity contribution in [2.45, 2.75) is 13.5 Å². The third-order valence-corrected chi connectivity index (χ3v) is 5.05. The minimum Gasteiger partial charge on any atom is -0.496 e. The van der Waals surface area contributed by atoms with Crippen LogP contribution in [0.25, 0.3) is 10.6 Å². The zero-order valence-corrected chi connectivity index (χ0v) is 16.5. The predicted octanol–water partition coefficient (Wildman–Crippen LogP) is 5.38. The fourth-order valence-electron chi connectivity index (χ4n) is 2.38. The van der Waals surface area contributed by atoms with Crippen LogP contribution in [-0.4, -0.2) is 17.0 Å². The van der Waals surface area contributed by atoms with Gasteiger partial charge >= 0.3 is 5.69 Å². The van der Waals surface area contributed by atoms with Crippen molar-refractivity contribution >= 4 is 33.0 Å². The lowest BCUT2D eigenvalue weighted by Crippen LogP contribution is -2.00. The van der Waals surface area contributed by atoms with Crippen LogP contribution in [0.5, 0.6) is 11.5 Å². The number of nitro groups is 1. The molecule has 1 aromatic heterocycles. The minimum atomic E-state index is -0.451. The number of thiazole rings is 1. The topological polar surface area (TPSA) is 74.5 Å². The Morgan fingerprint density at radius 1 is 1.23 bits per heavy atom. The van der Waals surface area contributed by atoms with E-state index in [9.17, 15) is 10.1 Å². The van der Waals surface area contributed by atoms with E-state index in [4.69, 9.17) is 9.47 Å². The number of nitrogens with zero attached hydrogens (tertiary/aromatic N) is 2. The van der Waals surface area contributed by atoms with E-state index in [0.29, 0.717) is 5.69 Å². The average Bonchev–Trinajstić information content (AvgIpc) is 3.08. The number of aromatic nitrogens is 1. The highest BCUT2D eigenvalue weighted by Gasteiger charge is 2.16. The van der Waals surface area contributed by atoms with Crippen molar-refractivity contribution in [2.24, 2.45) is 0 Å². The molecule has 0 spiro atoms. The van der Waals surface area contributed by atoms with E-state index in [1.54, 1.807) is 19.2 Å². The monoisotopic (exact) mass is 434 g/mol. The summed E-state index contributed by atoms with van der Waals surface area (Å²) in [5, 5.41) is 13.8. The first-order valence-electron chi connectivity index (χ1n) is 7.64. The van der Waals surface area contributed by atoms with Crippen LogP contribution in [0.3, 0.4) is 0 Å². The second-order valence-corrected chi connectivity index (χ2v) is 7.28. The van der Waals surface area contributed by atoms with E-state index >= 15 is 0 Å². The molecule has 0 fully saturated rings. The number of hydrogen-bond donors (Lipinski definition) is 0. The van der Waals surface area contributed by atoms with Crippen LogP contribution in [0.15, 0.2) is 46.3 Å². The van der Waals surface area contributed by atoms with Crippen molar-refractivity contribution in [3.63, 3.8) is 0 Å². The molecule has 0 aliphatic carbocycles. The maximum Gasteiger partial charge on any atom is 0.310 e. The zero-order valence-electron chi connectivity index (χ0n) is 14.1. The highest BCUT2D eigenvalue weighted by Crippen LogP contribution is 2.35. The number of ether oxygens (including phenoxy) is 2. The van der Waals surface area contributed by atoms with E-state index in [1.165, 1.54) is 17.4 Å². The largest absolute Gasteiger partial charge is 0.496 e. The zero-order chi connectivity index (χ0) is 18.7. The first-order valence-corrected chi connectivity index (χ1v) is 9.31. The van der Waals surface area contributed by atoms with Crippen molar-refractivity contribution in [3.8, 4) is 22.1 Å². The molecule has 0 aliphatic heterocycles. The maximum absolute atomic E-state index is 11.1. The molecule has 0 amide bonds. The maximum atomic E-state index is 11.1. The molecule has 0 radical (unpaired) electrons.